The van der Waals surface area contributed by atoms with Gasteiger partial charge in [0, 0.05) is 18.6 Å². The van der Waals surface area contributed by atoms with E-state index in [9.17, 15) is 19.7 Å². The summed E-state index contributed by atoms with van der Waals surface area (Å²) in [4.78, 5) is 54.8. The molecule has 0 spiro atoms. The number of aromatic amines is 1. The van der Waals surface area contributed by atoms with Crippen molar-refractivity contribution in [3.05, 3.63) is 47.7 Å². The summed E-state index contributed by atoms with van der Waals surface area (Å²) in [6.45, 7) is -9.71. The van der Waals surface area contributed by atoms with Crippen molar-refractivity contribution in [3.8, 4) is 0 Å². The van der Waals surface area contributed by atoms with E-state index >= 15 is 4.39 Å². The summed E-state index contributed by atoms with van der Waals surface area (Å²) in [5.41, 5.74) is 6.59. The zero-order chi connectivity index (χ0) is 32.8. The topological polar surface area (TPSA) is 241 Å². The second-order valence-corrected chi connectivity index (χ2v) is 16.4. The number of anilines is 1. The van der Waals surface area contributed by atoms with Crippen LogP contribution in [0.4, 0.5) is 10.1 Å². The lowest BCUT2D eigenvalue weighted by atomic mass is 10.1. The Balaban J connectivity index is 1.12. The van der Waals surface area contributed by atoms with Gasteiger partial charge in [0.2, 0.25) is 5.78 Å². The van der Waals surface area contributed by atoms with Crippen LogP contribution in [0.5, 0.6) is 0 Å². The van der Waals surface area contributed by atoms with Gasteiger partial charge in [-0.3, -0.25) is 23.0 Å². The molecule has 2 unspecified atom stereocenters. The predicted octanol–water partition coefficient (Wildman–Crippen LogP) is 0.144. The van der Waals surface area contributed by atoms with E-state index in [1.54, 1.807) is 6.07 Å². The Morgan fingerprint density at radius 1 is 0.936 bits per heavy atom. The van der Waals surface area contributed by atoms with Gasteiger partial charge in [-0.2, -0.15) is 0 Å². The summed E-state index contributed by atoms with van der Waals surface area (Å²) >= 11 is 10.5. The van der Waals surface area contributed by atoms with E-state index in [0.717, 1.165) is 0 Å². The van der Waals surface area contributed by atoms with Crippen LogP contribution in [0.2, 0.25) is 0 Å². The lowest BCUT2D eigenvalue weighted by Crippen LogP contribution is -2.36. The molecule has 3 aliphatic rings. The van der Waals surface area contributed by atoms with Crippen LogP contribution in [0, 0.1) is 0 Å². The number of ether oxygens (including phenoxy) is 2. The molecule has 0 amide bonds. The van der Waals surface area contributed by atoms with Gasteiger partial charge in [0.25, 0.3) is 5.56 Å². The molecule has 0 radical (unpaired) electrons. The fraction of sp³-hybridized carbons (Fsp3) is 0.435. The summed E-state index contributed by atoms with van der Waals surface area (Å²) in [5.74, 6) is 0.182. The van der Waals surface area contributed by atoms with Gasteiger partial charge in [-0.15, -0.1) is 0 Å². The maximum atomic E-state index is 16.0. The van der Waals surface area contributed by atoms with E-state index in [1.807, 2.05) is 0 Å². The number of rotatable bonds is 2. The van der Waals surface area contributed by atoms with E-state index < -0.39 is 81.4 Å². The maximum Gasteiger partial charge on any atom is 0.325 e. The molecule has 6 N–H and O–H groups in total. The number of nitrogens with zero attached hydrogens (tertiary/aromatic N) is 7. The third-order valence-electron chi connectivity index (χ3n) is 8.01. The standard InChI is InChI=1S/C23H24FN9O10P2S2/c24-12-10-5-38-44(36,46)42-16-11(41-21(15(16)34)32-7-28-13-9(25)1-2-26-18(13)32)6-39-45(37,47)43-17(12)22(40-10)33-8-29-14-19(33)30-23-27-3-4-31(23)20(14)35/h1-4,7-8,10-12,15-17,21-22,34H,5-6H2,(H2,25,26)(H,27,30)(H,36,46)(H,37,47)/t10-,11-,12-,15-,16-,17-,21-,22-,44?,45?/m1/s1. The second kappa shape index (κ2) is 11.4. The van der Waals surface area contributed by atoms with Crippen LogP contribution >= 0.6 is 13.4 Å². The average Bonchev–Trinajstić information content (AvgIpc) is 3.85. The molecule has 19 nitrogen and oxygen atoms in total. The highest BCUT2D eigenvalue weighted by Gasteiger charge is 2.53. The Labute approximate surface area is 271 Å². The summed E-state index contributed by atoms with van der Waals surface area (Å²) in [5, 5.41) is 11.3. The monoisotopic (exact) mass is 731 g/mol. The first kappa shape index (κ1) is 31.4. The maximum absolute atomic E-state index is 16.0. The Morgan fingerprint density at radius 2 is 1.62 bits per heavy atom. The van der Waals surface area contributed by atoms with Crippen molar-refractivity contribution < 1.29 is 46.9 Å². The summed E-state index contributed by atoms with van der Waals surface area (Å²) in [6, 6.07) is 1.56. The highest BCUT2D eigenvalue weighted by Crippen LogP contribution is 2.54. The lowest BCUT2D eigenvalue weighted by Gasteiger charge is -2.28. The van der Waals surface area contributed by atoms with Gasteiger partial charge >= 0.3 is 13.4 Å². The van der Waals surface area contributed by atoms with Crippen molar-refractivity contribution in [1.29, 1.82) is 0 Å². The molecular formula is C23H24FN9O10P2S2. The minimum Gasteiger partial charge on any atom is -0.397 e. The number of aliphatic hydroxyl groups is 1. The molecule has 250 valence electrons. The highest BCUT2D eigenvalue weighted by molar-refractivity contribution is 8.07. The minimum absolute atomic E-state index is 0.0117. The quantitative estimate of drug-likeness (QED) is 0.152. The molecule has 3 fully saturated rings. The Bertz CT molecular complexity index is 2180. The fourth-order valence-corrected chi connectivity index (χ4v) is 8.69. The Kier molecular flexibility index (Phi) is 7.61. The van der Waals surface area contributed by atoms with E-state index in [0.29, 0.717) is 11.2 Å². The number of nitrogen functional groups attached to an aromatic ring is 1. The smallest absolute Gasteiger partial charge is 0.325 e. The van der Waals surface area contributed by atoms with E-state index in [1.165, 1.54) is 44.8 Å². The van der Waals surface area contributed by atoms with E-state index in [-0.39, 0.29) is 22.6 Å². The molecule has 8 rings (SSSR count). The molecule has 3 aliphatic heterocycles. The van der Waals surface area contributed by atoms with Crippen LogP contribution in [0.15, 0.2) is 42.1 Å². The molecular weight excluding hydrogens is 707 g/mol. The van der Waals surface area contributed by atoms with Gasteiger partial charge in [-0.05, 0) is 29.7 Å². The summed E-state index contributed by atoms with van der Waals surface area (Å²) in [7, 11) is 0. The molecule has 0 aromatic carbocycles. The highest BCUT2D eigenvalue weighted by atomic mass is 32.5. The van der Waals surface area contributed by atoms with Gasteiger partial charge in [-0.1, -0.05) is 0 Å². The predicted molar refractivity (Wildman–Crippen MR) is 164 cm³/mol. The normalized spacial score (nSPS) is 36.8. The number of fused-ring (bicyclic) bond motifs is 6. The number of halogens is 1. The molecule has 10 atom stereocenters. The molecule has 2 bridgehead atoms. The van der Waals surface area contributed by atoms with Crippen LogP contribution in [-0.2, 0) is 51.2 Å². The van der Waals surface area contributed by atoms with Gasteiger partial charge in [-0.25, -0.2) is 28.7 Å². The van der Waals surface area contributed by atoms with Crippen LogP contribution in [-0.4, -0.2) is 103 Å². The molecule has 0 aliphatic carbocycles. The minimum atomic E-state index is -4.30. The SMILES string of the molecule is Nc1ccnc2c1ncn2[C@@H]1O[C@@H]2COP(O)(=S)O[C@@H]3[C@H](F)[C@@H](COP(O)(=S)O[C@H]2[C@H]1O)O[C@H]3n1cnc2c(=O)n3ccnc3[nH]c21. The number of imidazole rings is 3. The number of pyridine rings is 1. The van der Waals surface area contributed by atoms with Crippen molar-refractivity contribution in [2.45, 2.75) is 49.1 Å². The fourth-order valence-electron chi connectivity index (χ4n) is 5.84. The van der Waals surface area contributed by atoms with Crippen molar-refractivity contribution >= 4 is 70.8 Å². The summed E-state index contributed by atoms with van der Waals surface area (Å²) in [6.07, 6.45) is -4.85. The number of nitrogens with one attached hydrogen (secondary N) is 1. The number of aromatic nitrogens is 8. The zero-order valence-electron chi connectivity index (χ0n) is 23.5. The first-order valence-corrected chi connectivity index (χ1v) is 19.0. The number of hydrogen-bond donors (Lipinski definition) is 5. The Hall–Kier alpha value is -2.82. The number of aliphatic hydroxyl groups excluding tert-OH is 1. The van der Waals surface area contributed by atoms with E-state index in [4.69, 9.17) is 56.9 Å². The third kappa shape index (κ3) is 5.33. The molecule has 5 aromatic heterocycles. The van der Waals surface area contributed by atoms with Gasteiger partial charge < -0.3 is 44.1 Å². The first-order chi connectivity index (χ1) is 22.4. The van der Waals surface area contributed by atoms with Crippen LogP contribution in [0.25, 0.3) is 28.1 Å². The second-order valence-electron chi connectivity index (χ2n) is 10.9. The van der Waals surface area contributed by atoms with Crippen LogP contribution in [0.3, 0.4) is 0 Å². The molecule has 5 aromatic rings. The van der Waals surface area contributed by atoms with Crippen molar-refractivity contribution in [3.63, 3.8) is 0 Å². The van der Waals surface area contributed by atoms with Crippen LogP contribution < -0.4 is 11.3 Å². The van der Waals surface area contributed by atoms with E-state index in [2.05, 4.69) is 24.9 Å². The third-order valence-corrected chi connectivity index (χ3v) is 11.1. The number of nitrogens with two attached hydrogens (primary N) is 1. The molecule has 8 heterocycles. The first-order valence-electron chi connectivity index (χ1n) is 13.8. The van der Waals surface area contributed by atoms with Crippen molar-refractivity contribution in [1.82, 2.24) is 38.5 Å². The molecule has 24 heteroatoms. The zero-order valence-corrected chi connectivity index (χ0v) is 26.9. The largest absolute Gasteiger partial charge is 0.397 e. The molecule has 0 saturated carbocycles. The number of H-pyrrole nitrogens is 1. The lowest BCUT2D eigenvalue weighted by molar-refractivity contribution is -0.0604. The number of alkyl halides is 1. The summed E-state index contributed by atoms with van der Waals surface area (Å²) < 4.78 is 54.4. The average molecular weight is 732 g/mol. The van der Waals surface area contributed by atoms with Crippen molar-refractivity contribution in [2.24, 2.45) is 0 Å². The van der Waals surface area contributed by atoms with Gasteiger partial charge in [0.15, 0.2) is 29.8 Å². The van der Waals surface area contributed by atoms with Crippen molar-refractivity contribution in [2.75, 3.05) is 18.9 Å². The Morgan fingerprint density at radius 3 is 2.40 bits per heavy atom. The van der Waals surface area contributed by atoms with Gasteiger partial charge in [0.1, 0.15) is 41.7 Å². The number of hydrogen-bond acceptors (Lipinski definition) is 15. The molecule has 3 saturated heterocycles. The van der Waals surface area contributed by atoms with Gasteiger partial charge in [0.05, 0.1) is 31.6 Å². The molecule has 47 heavy (non-hydrogen) atoms. The van der Waals surface area contributed by atoms with Crippen LogP contribution in [0.1, 0.15) is 12.5 Å².